The van der Waals surface area contributed by atoms with Crippen LogP contribution in [-0.4, -0.2) is 19.5 Å². The monoisotopic (exact) mass is 423 g/mol. The van der Waals surface area contributed by atoms with Crippen LogP contribution in [0.2, 0.25) is 0 Å². The zero-order valence-corrected chi connectivity index (χ0v) is 18.1. The first-order valence-corrected chi connectivity index (χ1v) is 11.2. The van der Waals surface area contributed by atoms with Crippen molar-refractivity contribution in [2.24, 2.45) is 0 Å². The Morgan fingerprint density at radius 2 is 1.40 bits per heavy atom. The second-order valence-corrected chi connectivity index (χ2v) is 9.07. The molecule has 0 radical (unpaired) electrons. The summed E-state index contributed by atoms with van der Waals surface area (Å²) in [7, 11) is -3.76. The Balaban J connectivity index is 1.89. The molecule has 6 heteroatoms. The second kappa shape index (κ2) is 8.71. The van der Waals surface area contributed by atoms with Crippen molar-refractivity contribution in [1.82, 2.24) is 0 Å². The minimum absolute atomic E-state index is 0.265. The third-order valence-corrected chi connectivity index (χ3v) is 6.72. The van der Waals surface area contributed by atoms with E-state index in [9.17, 15) is 18.3 Å². The lowest BCUT2D eigenvalue weighted by Gasteiger charge is -2.16. The van der Waals surface area contributed by atoms with Gasteiger partial charge in [0.15, 0.2) is 0 Å². The van der Waals surface area contributed by atoms with Gasteiger partial charge in [-0.2, -0.15) is 0 Å². The Hall–Kier alpha value is -3.12. The van der Waals surface area contributed by atoms with E-state index in [1.165, 1.54) is 0 Å². The van der Waals surface area contributed by atoms with Crippen molar-refractivity contribution in [3.8, 4) is 0 Å². The molecule has 0 saturated carbocycles. The van der Waals surface area contributed by atoms with Crippen LogP contribution in [0.15, 0.2) is 65.6 Å². The average Bonchev–Trinajstić information content (AvgIpc) is 2.66. The number of benzene rings is 3. The maximum atomic E-state index is 13.1. The van der Waals surface area contributed by atoms with Gasteiger partial charge >= 0.3 is 5.97 Å². The number of carboxylic acids is 1. The maximum Gasteiger partial charge on any atom is 0.335 e. The van der Waals surface area contributed by atoms with E-state index in [1.807, 2.05) is 31.2 Å². The van der Waals surface area contributed by atoms with Crippen LogP contribution in [0.1, 0.15) is 38.2 Å². The lowest BCUT2D eigenvalue weighted by atomic mass is 9.99. The van der Waals surface area contributed by atoms with Crippen molar-refractivity contribution >= 4 is 21.7 Å². The van der Waals surface area contributed by atoms with Gasteiger partial charge in [-0.25, -0.2) is 13.2 Å². The first-order valence-electron chi connectivity index (χ1n) is 9.69. The molecule has 0 saturated heterocycles. The van der Waals surface area contributed by atoms with Crippen molar-refractivity contribution in [1.29, 1.82) is 0 Å². The Kier molecular flexibility index (Phi) is 6.27. The molecule has 0 aliphatic heterocycles. The number of nitrogens with one attached hydrogen (secondary N) is 1. The highest BCUT2D eigenvalue weighted by Crippen LogP contribution is 2.26. The molecule has 3 aromatic rings. The van der Waals surface area contributed by atoms with Gasteiger partial charge in [-0.15, -0.1) is 0 Å². The molecule has 3 rings (SSSR count). The summed E-state index contributed by atoms with van der Waals surface area (Å²) in [6.07, 6.45) is 0.999. The maximum absolute atomic E-state index is 13.1. The molecule has 0 bridgehead atoms. The number of sulfonamides is 1. The lowest BCUT2D eigenvalue weighted by molar-refractivity contribution is 0.0695. The van der Waals surface area contributed by atoms with E-state index in [1.54, 1.807) is 50.2 Å². The minimum atomic E-state index is -3.76. The van der Waals surface area contributed by atoms with Gasteiger partial charge < -0.3 is 5.11 Å². The van der Waals surface area contributed by atoms with Crippen LogP contribution < -0.4 is 4.72 Å². The number of para-hydroxylation sites is 1. The molecule has 0 aliphatic rings. The molecule has 0 aliphatic carbocycles. The van der Waals surface area contributed by atoms with Gasteiger partial charge in [-0.1, -0.05) is 54.1 Å². The summed E-state index contributed by atoms with van der Waals surface area (Å²) in [5.74, 6) is -0.968. The van der Waals surface area contributed by atoms with Gasteiger partial charge in [0.25, 0.3) is 10.0 Å². The van der Waals surface area contributed by atoms with E-state index < -0.39 is 16.0 Å². The SMILES string of the molecule is Cc1cc(C)c(S(=O)(=O)Nc2ccccc2CCc2ccccc2C(=O)O)c(C)c1. The van der Waals surface area contributed by atoms with Crippen LogP contribution >= 0.6 is 0 Å². The normalized spacial score (nSPS) is 11.3. The van der Waals surface area contributed by atoms with Gasteiger partial charge in [-0.3, -0.25) is 4.72 Å². The molecule has 0 aromatic heterocycles. The molecule has 0 heterocycles. The van der Waals surface area contributed by atoms with Crippen LogP contribution in [0.5, 0.6) is 0 Å². The van der Waals surface area contributed by atoms with Crippen molar-refractivity contribution in [2.75, 3.05) is 4.72 Å². The third-order valence-electron chi connectivity index (χ3n) is 5.05. The largest absolute Gasteiger partial charge is 0.478 e. The summed E-state index contributed by atoms with van der Waals surface area (Å²) in [5, 5.41) is 9.38. The van der Waals surface area contributed by atoms with Crippen molar-refractivity contribution in [2.45, 2.75) is 38.5 Å². The molecule has 0 fully saturated rings. The Morgan fingerprint density at radius 1 is 0.867 bits per heavy atom. The third kappa shape index (κ3) is 4.71. The van der Waals surface area contributed by atoms with Crippen molar-refractivity contribution in [3.05, 3.63) is 94.0 Å². The first-order chi connectivity index (χ1) is 14.2. The molecular weight excluding hydrogens is 398 g/mol. The van der Waals surface area contributed by atoms with E-state index in [-0.39, 0.29) is 5.56 Å². The van der Waals surface area contributed by atoms with Gasteiger partial charge in [0.05, 0.1) is 16.1 Å². The Bertz CT molecular complexity index is 1180. The number of hydrogen-bond donors (Lipinski definition) is 2. The highest BCUT2D eigenvalue weighted by Gasteiger charge is 2.21. The topological polar surface area (TPSA) is 83.5 Å². The quantitative estimate of drug-likeness (QED) is 0.566. The predicted octanol–water partition coefficient (Wildman–Crippen LogP) is 4.90. The van der Waals surface area contributed by atoms with E-state index in [0.717, 1.165) is 11.1 Å². The van der Waals surface area contributed by atoms with Crippen LogP contribution in [0, 0.1) is 20.8 Å². The van der Waals surface area contributed by atoms with Crippen molar-refractivity contribution < 1.29 is 18.3 Å². The van der Waals surface area contributed by atoms with Crippen molar-refractivity contribution in [3.63, 3.8) is 0 Å². The molecule has 0 spiro atoms. The molecule has 0 amide bonds. The number of rotatable bonds is 7. The van der Waals surface area contributed by atoms with Gasteiger partial charge in [0.2, 0.25) is 0 Å². The predicted molar refractivity (Wildman–Crippen MR) is 119 cm³/mol. The molecule has 3 aromatic carbocycles. The number of aromatic carboxylic acids is 1. The highest BCUT2D eigenvalue weighted by molar-refractivity contribution is 7.92. The van der Waals surface area contributed by atoms with Crippen LogP contribution in [0.4, 0.5) is 5.69 Å². The summed E-state index contributed by atoms with van der Waals surface area (Å²) < 4.78 is 29.0. The molecule has 156 valence electrons. The first kappa shape index (κ1) is 21.6. The van der Waals surface area contributed by atoms with Gasteiger partial charge in [0, 0.05) is 0 Å². The standard InChI is InChI=1S/C24H25NO4S/c1-16-14-17(2)23(18(3)15-16)30(28,29)25-22-11-7-5-9-20(22)13-12-19-8-4-6-10-21(19)24(26)27/h4-11,14-15,25H,12-13H2,1-3H3,(H,26,27). The highest BCUT2D eigenvalue weighted by atomic mass is 32.2. The van der Waals surface area contributed by atoms with Crippen LogP contribution in [0.25, 0.3) is 0 Å². The summed E-state index contributed by atoms with van der Waals surface area (Å²) in [4.78, 5) is 11.7. The fourth-order valence-electron chi connectivity index (χ4n) is 3.84. The molecule has 2 N–H and O–H groups in total. The van der Waals surface area contributed by atoms with E-state index in [2.05, 4.69) is 4.72 Å². The van der Waals surface area contributed by atoms with Gasteiger partial charge in [-0.05, 0) is 68.0 Å². The minimum Gasteiger partial charge on any atom is -0.478 e. The Labute approximate surface area is 177 Å². The summed E-state index contributed by atoms with van der Waals surface area (Å²) in [6.45, 7) is 5.53. The molecule has 5 nitrogen and oxygen atoms in total. The molecule has 0 unspecified atom stereocenters. The van der Waals surface area contributed by atoms with Crippen LogP contribution in [-0.2, 0) is 22.9 Å². The zero-order valence-electron chi connectivity index (χ0n) is 17.3. The lowest BCUT2D eigenvalue weighted by Crippen LogP contribution is -2.17. The fourth-order valence-corrected chi connectivity index (χ4v) is 5.40. The molecule has 30 heavy (non-hydrogen) atoms. The Morgan fingerprint density at radius 3 is 2.03 bits per heavy atom. The van der Waals surface area contributed by atoms with E-state index >= 15 is 0 Å². The smallest absolute Gasteiger partial charge is 0.335 e. The van der Waals surface area contributed by atoms with E-state index in [0.29, 0.717) is 40.1 Å². The summed E-state index contributed by atoms with van der Waals surface area (Å²) in [5.41, 5.74) is 4.71. The van der Waals surface area contributed by atoms with Gasteiger partial charge in [0.1, 0.15) is 0 Å². The number of anilines is 1. The van der Waals surface area contributed by atoms with Crippen LogP contribution in [0.3, 0.4) is 0 Å². The zero-order chi connectivity index (χ0) is 21.9. The summed E-state index contributed by atoms with van der Waals surface area (Å²) in [6, 6.07) is 17.8. The average molecular weight is 424 g/mol. The summed E-state index contributed by atoms with van der Waals surface area (Å²) >= 11 is 0. The molecular formula is C24H25NO4S. The fraction of sp³-hybridized carbons (Fsp3) is 0.208. The molecule has 0 atom stereocenters. The van der Waals surface area contributed by atoms with E-state index in [4.69, 9.17) is 0 Å². The number of carboxylic acid groups (broad SMARTS) is 1. The second-order valence-electron chi connectivity index (χ2n) is 7.45. The number of hydrogen-bond acceptors (Lipinski definition) is 3. The number of carbonyl (C=O) groups is 1. The number of aryl methyl sites for hydroxylation is 5.